The van der Waals surface area contributed by atoms with Crippen molar-refractivity contribution in [2.24, 2.45) is 5.73 Å². The number of aromatic nitrogens is 1. The second-order valence-corrected chi connectivity index (χ2v) is 2.98. The van der Waals surface area contributed by atoms with Gasteiger partial charge in [-0.25, -0.2) is 4.79 Å². The van der Waals surface area contributed by atoms with E-state index in [1.807, 2.05) is 0 Å². The van der Waals surface area contributed by atoms with Crippen molar-refractivity contribution >= 4 is 5.97 Å². The molecule has 0 amide bonds. The molecule has 1 atom stereocenters. The van der Waals surface area contributed by atoms with E-state index in [0.29, 0.717) is 17.9 Å². The van der Waals surface area contributed by atoms with Crippen LogP contribution in [0.1, 0.15) is 29.0 Å². The van der Waals surface area contributed by atoms with E-state index in [1.54, 1.807) is 13.0 Å². The Hall–Kier alpha value is -1.46. The molecule has 1 aromatic rings. The highest BCUT2D eigenvalue weighted by Crippen LogP contribution is 2.09. The first-order chi connectivity index (χ1) is 7.19. The van der Waals surface area contributed by atoms with Gasteiger partial charge in [0.05, 0.1) is 30.5 Å². The number of carbonyl (C=O) groups excluding carboxylic acids is 1. The highest BCUT2D eigenvalue weighted by Gasteiger charge is 2.11. The zero-order chi connectivity index (χ0) is 11.3. The Morgan fingerprint density at radius 2 is 2.47 bits per heavy atom. The van der Waals surface area contributed by atoms with Crippen LogP contribution >= 0.6 is 0 Å². The van der Waals surface area contributed by atoms with Crippen molar-refractivity contribution in [2.75, 3.05) is 13.2 Å². The number of nitrogens with zero attached hydrogens (tertiary/aromatic N) is 1. The number of nitrogens with two attached hydrogens (primary N) is 1. The van der Waals surface area contributed by atoms with Crippen LogP contribution in [-0.4, -0.2) is 29.3 Å². The Balaban J connectivity index is 2.87. The van der Waals surface area contributed by atoms with Crippen molar-refractivity contribution in [1.29, 1.82) is 0 Å². The Kier molecular flexibility index (Phi) is 4.20. The van der Waals surface area contributed by atoms with Crippen LogP contribution in [0.4, 0.5) is 0 Å². The summed E-state index contributed by atoms with van der Waals surface area (Å²) in [5.74, 6) is -0.411. The summed E-state index contributed by atoms with van der Waals surface area (Å²) in [6.45, 7) is 1.85. The molecule has 0 aliphatic rings. The molecule has 0 fully saturated rings. The molecule has 15 heavy (non-hydrogen) atoms. The van der Waals surface area contributed by atoms with Gasteiger partial charge in [0, 0.05) is 6.20 Å². The lowest BCUT2D eigenvalue weighted by Gasteiger charge is -2.08. The predicted octanol–water partition coefficient (Wildman–Crippen LogP) is 0.250. The third-order valence-corrected chi connectivity index (χ3v) is 1.87. The van der Waals surface area contributed by atoms with Crippen LogP contribution in [0.5, 0.6) is 0 Å². The summed E-state index contributed by atoms with van der Waals surface area (Å²) in [4.78, 5) is 15.3. The number of pyridine rings is 1. The van der Waals surface area contributed by atoms with Gasteiger partial charge in [0.2, 0.25) is 0 Å². The number of ether oxygens (including phenoxy) is 1. The normalized spacial score (nSPS) is 12.2. The van der Waals surface area contributed by atoms with Crippen molar-refractivity contribution in [3.63, 3.8) is 0 Å². The fourth-order valence-corrected chi connectivity index (χ4v) is 1.09. The smallest absolute Gasteiger partial charge is 0.338 e. The molecule has 82 valence electrons. The Labute approximate surface area is 87.9 Å². The van der Waals surface area contributed by atoms with E-state index in [1.165, 1.54) is 12.3 Å². The van der Waals surface area contributed by atoms with Gasteiger partial charge in [0.1, 0.15) is 0 Å². The van der Waals surface area contributed by atoms with Gasteiger partial charge in [-0.2, -0.15) is 0 Å². The minimum Gasteiger partial charge on any atom is -0.462 e. The lowest BCUT2D eigenvalue weighted by atomic mass is 10.1. The minimum atomic E-state index is -0.570. The molecule has 0 unspecified atom stereocenters. The second kappa shape index (κ2) is 5.43. The zero-order valence-electron chi connectivity index (χ0n) is 8.51. The van der Waals surface area contributed by atoms with Crippen LogP contribution in [-0.2, 0) is 4.74 Å². The molecule has 0 spiro atoms. The molecule has 0 radical (unpaired) electrons. The summed E-state index contributed by atoms with van der Waals surface area (Å²) in [6.07, 6.45) is 1.47. The average Bonchev–Trinajstić information content (AvgIpc) is 2.28. The SMILES string of the molecule is CCOC(=O)c1ccnc([C@@H](N)CO)c1. The molecule has 0 aromatic carbocycles. The predicted molar refractivity (Wildman–Crippen MR) is 54.2 cm³/mol. The molecule has 0 aliphatic carbocycles. The molecule has 0 saturated heterocycles. The van der Waals surface area contributed by atoms with E-state index in [0.717, 1.165) is 0 Å². The third-order valence-electron chi connectivity index (χ3n) is 1.87. The summed E-state index contributed by atoms with van der Waals surface area (Å²) < 4.78 is 4.83. The van der Waals surface area contributed by atoms with Crippen molar-refractivity contribution in [3.8, 4) is 0 Å². The number of aliphatic hydroxyl groups excluding tert-OH is 1. The van der Waals surface area contributed by atoms with Crippen LogP contribution in [0, 0.1) is 0 Å². The van der Waals surface area contributed by atoms with Gasteiger partial charge in [-0.1, -0.05) is 0 Å². The molecule has 1 heterocycles. The van der Waals surface area contributed by atoms with E-state index in [9.17, 15) is 4.79 Å². The van der Waals surface area contributed by atoms with Crippen LogP contribution in [0.15, 0.2) is 18.3 Å². The maximum Gasteiger partial charge on any atom is 0.338 e. The summed E-state index contributed by atoms with van der Waals surface area (Å²) in [7, 11) is 0. The molecule has 1 rings (SSSR count). The summed E-state index contributed by atoms with van der Waals surface area (Å²) in [5.41, 5.74) is 6.44. The van der Waals surface area contributed by atoms with Crippen molar-refractivity contribution in [3.05, 3.63) is 29.6 Å². The lowest BCUT2D eigenvalue weighted by molar-refractivity contribution is 0.0526. The van der Waals surface area contributed by atoms with Gasteiger partial charge < -0.3 is 15.6 Å². The largest absolute Gasteiger partial charge is 0.462 e. The standard InChI is InChI=1S/C10H14N2O3/c1-2-15-10(14)7-3-4-12-9(5-7)8(11)6-13/h3-5,8,13H,2,6,11H2,1H3/t8-/m0/s1. The van der Waals surface area contributed by atoms with Gasteiger partial charge in [0.25, 0.3) is 0 Å². The van der Waals surface area contributed by atoms with E-state index in [4.69, 9.17) is 15.6 Å². The van der Waals surface area contributed by atoms with E-state index in [2.05, 4.69) is 4.98 Å². The summed E-state index contributed by atoms with van der Waals surface area (Å²) in [6, 6.07) is 2.50. The lowest BCUT2D eigenvalue weighted by Crippen LogP contribution is -2.17. The van der Waals surface area contributed by atoms with Gasteiger partial charge in [-0.3, -0.25) is 4.98 Å². The second-order valence-electron chi connectivity index (χ2n) is 2.98. The Bertz CT molecular complexity index is 341. The van der Waals surface area contributed by atoms with Gasteiger partial charge in [0.15, 0.2) is 0 Å². The Morgan fingerprint density at radius 1 is 1.73 bits per heavy atom. The molecule has 5 heteroatoms. The number of rotatable bonds is 4. The van der Waals surface area contributed by atoms with Crippen LogP contribution in [0.25, 0.3) is 0 Å². The molecular weight excluding hydrogens is 196 g/mol. The van der Waals surface area contributed by atoms with Gasteiger partial charge in [-0.15, -0.1) is 0 Å². The highest BCUT2D eigenvalue weighted by atomic mass is 16.5. The summed E-state index contributed by atoms with van der Waals surface area (Å²) >= 11 is 0. The van der Waals surface area contributed by atoms with Crippen LogP contribution < -0.4 is 5.73 Å². The summed E-state index contributed by atoms with van der Waals surface area (Å²) in [5, 5.41) is 8.84. The quantitative estimate of drug-likeness (QED) is 0.696. The fraction of sp³-hybridized carbons (Fsp3) is 0.400. The topological polar surface area (TPSA) is 85.4 Å². The van der Waals surface area contributed by atoms with Crippen LogP contribution in [0.2, 0.25) is 0 Å². The fourth-order valence-electron chi connectivity index (χ4n) is 1.09. The zero-order valence-corrected chi connectivity index (χ0v) is 8.51. The van der Waals surface area contributed by atoms with E-state index < -0.39 is 12.0 Å². The molecule has 5 nitrogen and oxygen atoms in total. The third kappa shape index (κ3) is 3.00. The van der Waals surface area contributed by atoms with Gasteiger partial charge in [-0.05, 0) is 19.1 Å². The van der Waals surface area contributed by atoms with Gasteiger partial charge >= 0.3 is 5.97 Å². The minimum absolute atomic E-state index is 0.209. The van der Waals surface area contributed by atoms with Crippen molar-refractivity contribution in [2.45, 2.75) is 13.0 Å². The average molecular weight is 210 g/mol. The molecule has 0 aliphatic heterocycles. The maximum atomic E-state index is 11.4. The first-order valence-corrected chi connectivity index (χ1v) is 4.68. The van der Waals surface area contributed by atoms with E-state index >= 15 is 0 Å². The first kappa shape index (κ1) is 11.6. The Morgan fingerprint density at radius 3 is 3.07 bits per heavy atom. The monoisotopic (exact) mass is 210 g/mol. The number of hydrogen-bond donors (Lipinski definition) is 2. The van der Waals surface area contributed by atoms with E-state index in [-0.39, 0.29) is 6.61 Å². The number of hydrogen-bond acceptors (Lipinski definition) is 5. The first-order valence-electron chi connectivity index (χ1n) is 4.68. The number of aliphatic hydroxyl groups is 1. The maximum absolute atomic E-state index is 11.4. The highest BCUT2D eigenvalue weighted by molar-refractivity contribution is 5.89. The number of carbonyl (C=O) groups is 1. The van der Waals surface area contributed by atoms with Crippen molar-refractivity contribution in [1.82, 2.24) is 4.98 Å². The molecule has 1 aromatic heterocycles. The van der Waals surface area contributed by atoms with Crippen molar-refractivity contribution < 1.29 is 14.6 Å². The molecule has 0 bridgehead atoms. The molecule has 3 N–H and O–H groups in total. The van der Waals surface area contributed by atoms with Crippen LogP contribution in [0.3, 0.4) is 0 Å². The number of esters is 1. The molecular formula is C10H14N2O3. The molecule has 0 saturated carbocycles.